The van der Waals surface area contributed by atoms with Gasteiger partial charge < -0.3 is 15.2 Å². The summed E-state index contributed by atoms with van der Waals surface area (Å²) in [5, 5.41) is -0.190. The van der Waals surface area contributed by atoms with Crippen molar-refractivity contribution in [3.05, 3.63) is 53.3 Å². The van der Waals surface area contributed by atoms with Crippen LogP contribution in [0.15, 0.2) is 47.7 Å². The topological polar surface area (TPSA) is 81.9 Å². The Bertz CT molecular complexity index is 742. The number of fused-ring (bicyclic) bond motifs is 1. The minimum atomic E-state index is -0.554. The molecule has 132 valence electrons. The SMILES string of the molecule is CC=CC1=C(C(=O)OCc2ccc(OC)cc2)N2C(=O)[C@@H](N)[C@H]2SC1. The van der Waals surface area contributed by atoms with Gasteiger partial charge in [-0.3, -0.25) is 9.69 Å². The summed E-state index contributed by atoms with van der Waals surface area (Å²) in [6.07, 6.45) is 3.68. The van der Waals surface area contributed by atoms with Crippen molar-refractivity contribution in [1.82, 2.24) is 4.90 Å². The number of amides is 1. The van der Waals surface area contributed by atoms with Crippen molar-refractivity contribution in [2.75, 3.05) is 12.9 Å². The normalized spacial score (nSPS) is 22.7. The molecule has 25 heavy (non-hydrogen) atoms. The van der Waals surface area contributed by atoms with E-state index in [1.165, 1.54) is 4.90 Å². The van der Waals surface area contributed by atoms with Crippen molar-refractivity contribution in [3.63, 3.8) is 0 Å². The molecule has 0 aliphatic carbocycles. The fourth-order valence-corrected chi connectivity index (χ4v) is 4.06. The zero-order chi connectivity index (χ0) is 18.0. The van der Waals surface area contributed by atoms with Crippen molar-refractivity contribution >= 4 is 23.6 Å². The van der Waals surface area contributed by atoms with Crippen LogP contribution in [0.25, 0.3) is 0 Å². The highest BCUT2D eigenvalue weighted by Crippen LogP contribution is 2.40. The summed E-state index contributed by atoms with van der Waals surface area (Å²) in [6, 6.07) is 6.72. The summed E-state index contributed by atoms with van der Waals surface area (Å²) in [4.78, 5) is 26.2. The molecule has 6 nitrogen and oxygen atoms in total. The Morgan fingerprint density at radius 1 is 1.40 bits per heavy atom. The highest BCUT2D eigenvalue weighted by Gasteiger charge is 2.51. The highest BCUT2D eigenvalue weighted by molar-refractivity contribution is 8.00. The number of hydrogen-bond acceptors (Lipinski definition) is 6. The Balaban J connectivity index is 1.76. The van der Waals surface area contributed by atoms with Crippen molar-refractivity contribution in [1.29, 1.82) is 0 Å². The van der Waals surface area contributed by atoms with Gasteiger partial charge >= 0.3 is 5.97 Å². The van der Waals surface area contributed by atoms with Crippen molar-refractivity contribution in [3.8, 4) is 5.75 Å². The predicted octanol–water partition coefficient (Wildman–Crippen LogP) is 1.81. The second-order valence-corrected chi connectivity index (χ2v) is 6.84. The number of methoxy groups -OCH3 is 1. The number of rotatable bonds is 5. The monoisotopic (exact) mass is 360 g/mol. The van der Waals surface area contributed by atoms with Crippen LogP contribution in [0.2, 0.25) is 0 Å². The largest absolute Gasteiger partial charge is 0.497 e. The Morgan fingerprint density at radius 2 is 2.12 bits per heavy atom. The van der Waals surface area contributed by atoms with Crippen molar-refractivity contribution < 1.29 is 19.1 Å². The molecule has 0 unspecified atom stereocenters. The van der Waals surface area contributed by atoms with E-state index in [9.17, 15) is 9.59 Å². The van der Waals surface area contributed by atoms with Gasteiger partial charge in [-0.05, 0) is 30.2 Å². The van der Waals surface area contributed by atoms with Crippen LogP contribution in [0.1, 0.15) is 12.5 Å². The van der Waals surface area contributed by atoms with Crippen LogP contribution >= 0.6 is 11.8 Å². The predicted molar refractivity (Wildman–Crippen MR) is 95.7 cm³/mol. The van der Waals surface area contributed by atoms with Gasteiger partial charge in [-0.15, -0.1) is 11.8 Å². The van der Waals surface area contributed by atoms with E-state index in [1.54, 1.807) is 31.0 Å². The number of nitrogens with zero attached hydrogens (tertiary/aromatic N) is 1. The van der Waals surface area contributed by atoms with Gasteiger partial charge in [0.25, 0.3) is 0 Å². The van der Waals surface area contributed by atoms with Gasteiger partial charge in [0, 0.05) is 5.75 Å². The molecule has 1 aromatic carbocycles. The molecule has 0 saturated carbocycles. The lowest BCUT2D eigenvalue weighted by atomic mass is 10.0. The Morgan fingerprint density at radius 3 is 2.76 bits per heavy atom. The third-order valence-corrected chi connectivity index (χ3v) is 5.45. The summed E-state index contributed by atoms with van der Waals surface area (Å²) >= 11 is 1.56. The lowest BCUT2D eigenvalue weighted by Crippen LogP contribution is -2.68. The molecular formula is C18H20N2O4S. The second-order valence-electron chi connectivity index (χ2n) is 5.73. The van der Waals surface area contributed by atoms with Crippen LogP contribution in [0.3, 0.4) is 0 Å². The number of carbonyl (C=O) groups excluding carboxylic acids is 2. The lowest BCUT2D eigenvalue weighted by molar-refractivity contribution is -0.151. The molecule has 1 fully saturated rings. The molecule has 0 bridgehead atoms. The molecule has 2 aliphatic heterocycles. The first-order valence-electron chi connectivity index (χ1n) is 7.93. The van der Waals surface area contributed by atoms with Crippen LogP contribution in [0.4, 0.5) is 0 Å². The maximum Gasteiger partial charge on any atom is 0.355 e. The van der Waals surface area contributed by atoms with Gasteiger partial charge in [0.05, 0.1) is 7.11 Å². The quantitative estimate of drug-likeness (QED) is 0.637. The highest BCUT2D eigenvalue weighted by atomic mass is 32.2. The molecule has 0 spiro atoms. The van der Waals surface area contributed by atoms with Crippen molar-refractivity contribution in [2.24, 2.45) is 5.73 Å². The molecule has 2 heterocycles. The molecule has 7 heteroatoms. The van der Waals surface area contributed by atoms with Crippen LogP contribution in [-0.4, -0.2) is 41.1 Å². The summed E-state index contributed by atoms with van der Waals surface area (Å²) in [6.45, 7) is 2.00. The Labute approximate surface area is 150 Å². The van der Waals surface area contributed by atoms with Gasteiger partial charge in [0.2, 0.25) is 5.91 Å². The second kappa shape index (κ2) is 7.33. The number of hydrogen-bond donors (Lipinski definition) is 1. The van der Waals surface area contributed by atoms with E-state index in [-0.39, 0.29) is 17.9 Å². The maximum absolute atomic E-state index is 12.6. The molecule has 2 N–H and O–H groups in total. The smallest absolute Gasteiger partial charge is 0.355 e. The summed E-state index contributed by atoms with van der Waals surface area (Å²) in [7, 11) is 1.59. The number of benzene rings is 1. The minimum absolute atomic E-state index is 0.126. The van der Waals surface area contributed by atoms with Crippen LogP contribution in [0, 0.1) is 0 Å². The van der Waals surface area contributed by atoms with E-state index >= 15 is 0 Å². The number of allylic oxidation sites excluding steroid dienone is 2. The van der Waals surface area contributed by atoms with E-state index in [4.69, 9.17) is 15.2 Å². The fraction of sp³-hybridized carbons (Fsp3) is 0.333. The van der Waals surface area contributed by atoms with Crippen LogP contribution < -0.4 is 10.5 Å². The average molecular weight is 360 g/mol. The molecule has 3 rings (SSSR count). The molecule has 1 amide bonds. The number of β-lactam (4-membered cyclic amide) rings is 1. The van der Waals surface area contributed by atoms with Gasteiger partial charge in [0.1, 0.15) is 29.5 Å². The number of nitrogens with two attached hydrogens (primary N) is 1. The first kappa shape index (κ1) is 17.6. The van der Waals surface area contributed by atoms with E-state index in [0.29, 0.717) is 11.4 Å². The van der Waals surface area contributed by atoms with E-state index in [1.807, 2.05) is 31.2 Å². The van der Waals surface area contributed by atoms with Crippen LogP contribution in [0.5, 0.6) is 5.75 Å². The standard InChI is InChI=1S/C18H20N2O4S/c1-3-4-12-10-25-17-14(19)16(21)20(17)15(12)18(22)24-9-11-5-7-13(23-2)8-6-11/h3-8,14,17H,9-10,19H2,1-2H3/t14-,17-/m1/s1. The first-order chi connectivity index (χ1) is 12.1. The molecule has 0 aromatic heterocycles. The zero-order valence-electron chi connectivity index (χ0n) is 14.1. The number of ether oxygens (including phenoxy) is 2. The molecular weight excluding hydrogens is 340 g/mol. The number of thioether (sulfide) groups is 1. The van der Waals surface area contributed by atoms with E-state index in [0.717, 1.165) is 16.9 Å². The minimum Gasteiger partial charge on any atom is -0.497 e. The number of carbonyl (C=O) groups is 2. The maximum atomic E-state index is 12.6. The van der Waals surface area contributed by atoms with Gasteiger partial charge in [-0.1, -0.05) is 24.3 Å². The number of esters is 1. The molecule has 2 atom stereocenters. The Kier molecular flexibility index (Phi) is 5.15. The van der Waals surface area contributed by atoms with Gasteiger partial charge in [0.15, 0.2) is 0 Å². The fourth-order valence-electron chi connectivity index (χ4n) is 2.80. The zero-order valence-corrected chi connectivity index (χ0v) is 14.9. The van der Waals surface area contributed by atoms with Crippen molar-refractivity contribution in [2.45, 2.75) is 24.9 Å². The summed E-state index contributed by atoms with van der Waals surface area (Å²) < 4.78 is 10.5. The average Bonchev–Trinajstić information content (AvgIpc) is 2.65. The molecule has 2 aliphatic rings. The Hall–Kier alpha value is -2.25. The summed E-state index contributed by atoms with van der Waals surface area (Å²) in [5.74, 6) is 0.616. The summed E-state index contributed by atoms with van der Waals surface area (Å²) in [5.41, 5.74) is 7.77. The molecule has 0 radical (unpaired) electrons. The molecule has 1 aromatic rings. The first-order valence-corrected chi connectivity index (χ1v) is 8.98. The molecule has 1 saturated heterocycles. The van der Waals surface area contributed by atoms with Gasteiger partial charge in [-0.25, -0.2) is 4.79 Å². The third-order valence-electron chi connectivity index (χ3n) is 4.13. The van der Waals surface area contributed by atoms with E-state index in [2.05, 4.69) is 0 Å². The lowest BCUT2D eigenvalue weighted by Gasteiger charge is -2.48. The van der Waals surface area contributed by atoms with E-state index < -0.39 is 12.0 Å². The third kappa shape index (κ3) is 3.29. The van der Waals surface area contributed by atoms with Crippen LogP contribution in [-0.2, 0) is 20.9 Å². The van der Waals surface area contributed by atoms with Gasteiger partial charge in [-0.2, -0.15) is 0 Å².